The van der Waals surface area contributed by atoms with Gasteiger partial charge in [-0.2, -0.15) is 0 Å². The Hall–Kier alpha value is -0.960. The number of hydrogen-bond acceptors (Lipinski definition) is 2. The van der Waals surface area contributed by atoms with Gasteiger partial charge in [-0.25, -0.2) is 0 Å². The highest BCUT2D eigenvalue weighted by molar-refractivity contribution is 7.99. The lowest BCUT2D eigenvalue weighted by Gasteiger charge is -2.12. The first kappa shape index (κ1) is 14.4. The minimum absolute atomic E-state index is 0.823. The van der Waals surface area contributed by atoms with E-state index in [-0.39, 0.29) is 0 Å². The summed E-state index contributed by atoms with van der Waals surface area (Å²) >= 11 is 8.11. The van der Waals surface area contributed by atoms with Gasteiger partial charge < -0.3 is 5.32 Å². The Morgan fingerprint density at radius 1 is 1.11 bits per heavy atom. The van der Waals surface area contributed by atoms with Crippen molar-refractivity contribution in [1.82, 2.24) is 5.32 Å². The second-order valence-electron chi connectivity index (χ2n) is 4.38. The van der Waals surface area contributed by atoms with E-state index in [2.05, 4.69) is 49.5 Å². The summed E-state index contributed by atoms with van der Waals surface area (Å²) in [5.74, 6) is 0. The molecule has 0 bridgehead atoms. The topological polar surface area (TPSA) is 12.0 Å². The molecule has 0 aromatic heterocycles. The number of rotatable bonds is 5. The van der Waals surface area contributed by atoms with Crippen LogP contribution in [-0.4, -0.2) is 6.54 Å². The number of aryl methyl sites for hydroxylation is 1. The van der Waals surface area contributed by atoms with Gasteiger partial charge in [-0.15, -0.1) is 0 Å². The van der Waals surface area contributed by atoms with Gasteiger partial charge in [0.1, 0.15) is 0 Å². The predicted molar refractivity (Wildman–Crippen MR) is 84.1 cm³/mol. The van der Waals surface area contributed by atoms with E-state index in [1.54, 1.807) is 11.8 Å². The van der Waals surface area contributed by atoms with E-state index in [0.717, 1.165) is 23.0 Å². The SMILES string of the molecule is CCNCc1cccc(Cl)c1Sc1ccccc1C. The maximum atomic E-state index is 6.36. The summed E-state index contributed by atoms with van der Waals surface area (Å²) in [6.07, 6.45) is 0. The number of nitrogens with one attached hydrogen (secondary N) is 1. The Kier molecular flexibility index (Phi) is 5.32. The third kappa shape index (κ3) is 3.75. The number of hydrogen-bond donors (Lipinski definition) is 1. The summed E-state index contributed by atoms with van der Waals surface area (Å²) in [7, 11) is 0. The molecule has 0 heterocycles. The third-order valence-corrected chi connectivity index (χ3v) is 4.71. The zero-order valence-electron chi connectivity index (χ0n) is 11.2. The highest BCUT2D eigenvalue weighted by Crippen LogP contribution is 2.37. The highest BCUT2D eigenvalue weighted by Gasteiger charge is 2.09. The van der Waals surface area contributed by atoms with Crippen molar-refractivity contribution >= 4 is 23.4 Å². The first-order valence-corrected chi connectivity index (χ1v) is 7.63. The van der Waals surface area contributed by atoms with Crippen molar-refractivity contribution in [3.8, 4) is 0 Å². The molecule has 0 aliphatic rings. The molecule has 1 N–H and O–H groups in total. The van der Waals surface area contributed by atoms with Gasteiger partial charge in [0, 0.05) is 16.3 Å². The van der Waals surface area contributed by atoms with Crippen molar-refractivity contribution in [2.45, 2.75) is 30.2 Å². The highest BCUT2D eigenvalue weighted by atomic mass is 35.5. The van der Waals surface area contributed by atoms with Crippen LogP contribution in [0.4, 0.5) is 0 Å². The van der Waals surface area contributed by atoms with Gasteiger partial charge in [-0.3, -0.25) is 0 Å². The van der Waals surface area contributed by atoms with Gasteiger partial charge in [-0.1, -0.05) is 60.6 Å². The predicted octanol–water partition coefficient (Wildman–Crippen LogP) is 4.91. The van der Waals surface area contributed by atoms with Crippen LogP contribution in [0.15, 0.2) is 52.3 Å². The van der Waals surface area contributed by atoms with Crippen LogP contribution in [0.3, 0.4) is 0 Å². The summed E-state index contributed by atoms with van der Waals surface area (Å²) in [4.78, 5) is 2.41. The van der Waals surface area contributed by atoms with Crippen LogP contribution in [0, 0.1) is 6.92 Å². The molecule has 0 saturated heterocycles. The maximum absolute atomic E-state index is 6.36. The van der Waals surface area contributed by atoms with Gasteiger partial charge in [0.05, 0.1) is 5.02 Å². The van der Waals surface area contributed by atoms with Crippen LogP contribution in [-0.2, 0) is 6.54 Å². The lowest BCUT2D eigenvalue weighted by Crippen LogP contribution is -2.12. The molecular weight excluding hydrogens is 274 g/mol. The molecule has 0 spiro atoms. The largest absolute Gasteiger partial charge is 0.313 e. The monoisotopic (exact) mass is 291 g/mol. The van der Waals surface area contributed by atoms with Gasteiger partial charge >= 0.3 is 0 Å². The zero-order chi connectivity index (χ0) is 13.7. The summed E-state index contributed by atoms with van der Waals surface area (Å²) in [6.45, 7) is 6.05. The second kappa shape index (κ2) is 6.99. The molecule has 100 valence electrons. The van der Waals surface area contributed by atoms with Crippen molar-refractivity contribution in [3.05, 3.63) is 58.6 Å². The first-order valence-electron chi connectivity index (χ1n) is 6.44. The summed E-state index contributed by atoms with van der Waals surface area (Å²) in [5, 5.41) is 4.18. The third-order valence-electron chi connectivity index (χ3n) is 2.92. The Morgan fingerprint density at radius 2 is 1.89 bits per heavy atom. The van der Waals surface area contributed by atoms with Crippen molar-refractivity contribution in [3.63, 3.8) is 0 Å². The Labute approximate surface area is 124 Å². The smallest absolute Gasteiger partial charge is 0.0548 e. The van der Waals surface area contributed by atoms with Crippen LogP contribution in [0.5, 0.6) is 0 Å². The molecule has 0 unspecified atom stereocenters. The van der Waals surface area contributed by atoms with Crippen molar-refractivity contribution in [1.29, 1.82) is 0 Å². The van der Waals surface area contributed by atoms with Crippen molar-refractivity contribution in [2.24, 2.45) is 0 Å². The summed E-state index contributed by atoms with van der Waals surface area (Å²) in [6, 6.07) is 14.5. The van der Waals surface area contributed by atoms with E-state index in [9.17, 15) is 0 Å². The fourth-order valence-electron chi connectivity index (χ4n) is 1.85. The molecule has 2 rings (SSSR count). The van der Waals surface area contributed by atoms with Crippen LogP contribution in [0.25, 0.3) is 0 Å². The molecule has 1 nitrogen and oxygen atoms in total. The first-order chi connectivity index (χ1) is 9.22. The summed E-state index contributed by atoms with van der Waals surface area (Å²) in [5.41, 5.74) is 2.53. The molecule has 0 aliphatic heterocycles. The van der Waals surface area contributed by atoms with Crippen LogP contribution >= 0.6 is 23.4 Å². The fourth-order valence-corrected chi connectivity index (χ4v) is 3.19. The maximum Gasteiger partial charge on any atom is 0.0548 e. The number of halogens is 1. The minimum Gasteiger partial charge on any atom is -0.313 e. The van der Waals surface area contributed by atoms with E-state index in [0.29, 0.717) is 0 Å². The van der Waals surface area contributed by atoms with E-state index in [4.69, 9.17) is 11.6 Å². The standard InChI is InChI=1S/C16H18ClNS/c1-3-18-11-13-8-6-9-14(17)16(13)19-15-10-5-4-7-12(15)2/h4-10,18H,3,11H2,1-2H3. The lowest BCUT2D eigenvalue weighted by molar-refractivity contribution is 0.718. The average Bonchev–Trinajstić information content (AvgIpc) is 2.41. The molecule has 0 fully saturated rings. The van der Waals surface area contributed by atoms with Crippen LogP contribution in [0.1, 0.15) is 18.1 Å². The number of benzene rings is 2. The van der Waals surface area contributed by atoms with Crippen LogP contribution < -0.4 is 5.32 Å². The normalized spacial score (nSPS) is 10.7. The second-order valence-corrected chi connectivity index (χ2v) is 5.84. The Bertz CT molecular complexity index is 554. The van der Waals surface area contributed by atoms with Gasteiger partial charge in [0.25, 0.3) is 0 Å². The lowest BCUT2D eigenvalue weighted by atomic mass is 10.2. The van der Waals surface area contributed by atoms with Crippen LogP contribution in [0.2, 0.25) is 5.02 Å². The molecule has 0 atom stereocenters. The van der Waals surface area contributed by atoms with Gasteiger partial charge in [0.15, 0.2) is 0 Å². The average molecular weight is 292 g/mol. The zero-order valence-corrected chi connectivity index (χ0v) is 12.8. The molecule has 19 heavy (non-hydrogen) atoms. The van der Waals surface area contributed by atoms with E-state index >= 15 is 0 Å². The van der Waals surface area contributed by atoms with E-state index in [1.807, 2.05) is 12.1 Å². The Morgan fingerprint density at radius 3 is 2.63 bits per heavy atom. The van der Waals surface area contributed by atoms with E-state index in [1.165, 1.54) is 16.0 Å². The molecular formula is C16H18ClNS. The molecule has 2 aromatic carbocycles. The molecule has 0 amide bonds. The van der Waals surface area contributed by atoms with Crippen molar-refractivity contribution in [2.75, 3.05) is 6.54 Å². The molecule has 0 aliphatic carbocycles. The molecule has 0 saturated carbocycles. The summed E-state index contributed by atoms with van der Waals surface area (Å²) < 4.78 is 0. The quantitative estimate of drug-likeness (QED) is 0.840. The van der Waals surface area contributed by atoms with E-state index < -0.39 is 0 Å². The molecule has 2 aromatic rings. The van der Waals surface area contributed by atoms with Crippen molar-refractivity contribution < 1.29 is 0 Å². The Balaban J connectivity index is 2.31. The molecule has 3 heteroatoms. The molecule has 0 radical (unpaired) electrons. The van der Waals surface area contributed by atoms with Gasteiger partial charge in [-0.05, 0) is 36.7 Å². The minimum atomic E-state index is 0.823. The van der Waals surface area contributed by atoms with Gasteiger partial charge in [0.2, 0.25) is 0 Å². The fraction of sp³-hybridized carbons (Fsp3) is 0.250.